The summed E-state index contributed by atoms with van der Waals surface area (Å²) in [5.74, 6) is 1.15. The Morgan fingerprint density at radius 3 is 2.54 bits per heavy atom. The lowest BCUT2D eigenvalue weighted by Gasteiger charge is -2.14. The van der Waals surface area contributed by atoms with Crippen molar-refractivity contribution in [3.05, 3.63) is 16.6 Å². The third-order valence-electron chi connectivity index (χ3n) is 3.98. The number of urea groups is 1. The Kier molecular flexibility index (Phi) is 7.65. The van der Waals surface area contributed by atoms with Gasteiger partial charge in [0.15, 0.2) is 11.5 Å². The quantitative estimate of drug-likeness (QED) is 0.648. The number of nitrogens with one attached hydrogen (secondary N) is 2. The van der Waals surface area contributed by atoms with Crippen molar-refractivity contribution < 1.29 is 19.0 Å². The normalized spacial score (nSPS) is 14.5. The van der Waals surface area contributed by atoms with Crippen molar-refractivity contribution in [2.75, 3.05) is 32.7 Å². The lowest BCUT2D eigenvalue weighted by Crippen LogP contribution is -2.30. The van der Waals surface area contributed by atoms with E-state index in [0.29, 0.717) is 36.4 Å². The molecule has 0 aliphatic heterocycles. The Bertz CT molecular complexity index is 548. The Hall–Kier alpha value is -1.47. The molecule has 0 aromatic heterocycles. The number of anilines is 1. The highest BCUT2D eigenvalue weighted by Crippen LogP contribution is 2.36. The molecule has 0 atom stereocenters. The molecule has 6 nitrogen and oxygen atoms in total. The average molecular weight is 401 g/mol. The zero-order chi connectivity index (χ0) is 17.4. The molecule has 24 heavy (non-hydrogen) atoms. The Labute approximate surface area is 151 Å². The van der Waals surface area contributed by atoms with Gasteiger partial charge in [-0.25, -0.2) is 4.79 Å². The fourth-order valence-electron chi connectivity index (χ4n) is 2.70. The van der Waals surface area contributed by atoms with E-state index in [4.69, 9.17) is 14.2 Å². The van der Waals surface area contributed by atoms with Crippen LogP contribution in [0.3, 0.4) is 0 Å². The van der Waals surface area contributed by atoms with Crippen LogP contribution in [0.15, 0.2) is 16.6 Å². The number of benzene rings is 1. The number of ether oxygens (including phenoxy) is 3. The second kappa shape index (κ2) is 9.74. The highest BCUT2D eigenvalue weighted by atomic mass is 79.9. The summed E-state index contributed by atoms with van der Waals surface area (Å²) in [6.07, 6.45) is 6.10. The van der Waals surface area contributed by atoms with Gasteiger partial charge in [0.25, 0.3) is 0 Å². The van der Waals surface area contributed by atoms with E-state index >= 15 is 0 Å². The summed E-state index contributed by atoms with van der Waals surface area (Å²) in [6, 6.07) is 3.21. The number of hydrogen-bond acceptors (Lipinski definition) is 4. The first-order chi connectivity index (χ1) is 11.6. The van der Waals surface area contributed by atoms with Crippen LogP contribution in [0.2, 0.25) is 0 Å². The third kappa shape index (κ3) is 5.56. The van der Waals surface area contributed by atoms with Gasteiger partial charge in [0, 0.05) is 29.8 Å². The SMILES string of the molecule is COc1cc(Br)c(NC(=O)NCCCOC2CCCC2)cc1OC. The Balaban J connectivity index is 1.73. The number of carbonyl (C=O) groups is 1. The third-order valence-corrected chi connectivity index (χ3v) is 4.64. The van der Waals surface area contributed by atoms with Gasteiger partial charge < -0.3 is 24.8 Å². The van der Waals surface area contributed by atoms with Gasteiger partial charge in [0.05, 0.1) is 26.0 Å². The molecule has 1 fully saturated rings. The molecule has 0 saturated heterocycles. The molecule has 1 aliphatic rings. The van der Waals surface area contributed by atoms with Gasteiger partial charge in [0.1, 0.15) is 0 Å². The van der Waals surface area contributed by atoms with Crippen LogP contribution in [0, 0.1) is 0 Å². The highest BCUT2D eigenvalue weighted by Gasteiger charge is 2.15. The second-order valence-corrected chi connectivity index (χ2v) is 6.55. The summed E-state index contributed by atoms with van der Waals surface area (Å²) >= 11 is 3.41. The van der Waals surface area contributed by atoms with Gasteiger partial charge in [-0.05, 0) is 35.2 Å². The van der Waals surface area contributed by atoms with Crippen LogP contribution < -0.4 is 20.1 Å². The molecule has 2 rings (SSSR count). The van der Waals surface area contributed by atoms with Crippen molar-refractivity contribution in [3.63, 3.8) is 0 Å². The van der Waals surface area contributed by atoms with E-state index in [1.165, 1.54) is 25.7 Å². The van der Waals surface area contributed by atoms with E-state index in [1.54, 1.807) is 26.4 Å². The molecule has 2 N–H and O–H groups in total. The summed E-state index contributed by atoms with van der Waals surface area (Å²) in [4.78, 5) is 12.0. The summed E-state index contributed by atoms with van der Waals surface area (Å²) in [6.45, 7) is 1.26. The molecule has 1 saturated carbocycles. The first kappa shape index (κ1) is 18.9. The first-order valence-electron chi connectivity index (χ1n) is 8.22. The molecule has 2 amide bonds. The van der Waals surface area contributed by atoms with E-state index in [0.717, 1.165) is 10.9 Å². The molecule has 0 unspecified atom stereocenters. The summed E-state index contributed by atoms with van der Waals surface area (Å²) in [5.41, 5.74) is 0.618. The van der Waals surface area contributed by atoms with Gasteiger partial charge in [-0.1, -0.05) is 12.8 Å². The number of methoxy groups -OCH3 is 2. The van der Waals surface area contributed by atoms with Gasteiger partial charge in [-0.2, -0.15) is 0 Å². The van der Waals surface area contributed by atoms with Crippen molar-refractivity contribution >= 4 is 27.6 Å². The van der Waals surface area contributed by atoms with Gasteiger partial charge in [0.2, 0.25) is 0 Å². The molecular formula is C17H25BrN2O4. The minimum atomic E-state index is -0.260. The van der Waals surface area contributed by atoms with Crippen molar-refractivity contribution in [2.45, 2.75) is 38.2 Å². The van der Waals surface area contributed by atoms with E-state index in [-0.39, 0.29) is 6.03 Å². The van der Waals surface area contributed by atoms with Gasteiger partial charge in [-0.15, -0.1) is 0 Å². The molecule has 0 heterocycles. The van der Waals surface area contributed by atoms with Gasteiger partial charge >= 0.3 is 6.03 Å². The number of rotatable bonds is 8. The van der Waals surface area contributed by atoms with Crippen molar-refractivity contribution in [1.29, 1.82) is 0 Å². The van der Waals surface area contributed by atoms with Crippen LogP contribution in [-0.2, 0) is 4.74 Å². The summed E-state index contributed by atoms with van der Waals surface area (Å²) < 4.78 is 16.9. The molecule has 1 aliphatic carbocycles. The first-order valence-corrected chi connectivity index (χ1v) is 9.01. The van der Waals surface area contributed by atoms with E-state index in [1.807, 2.05) is 0 Å². The Morgan fingerprint density at radius 2 is 1.88 bits per heavy atom. The van der Waals surface area contributed by atoms with E-state index in [2.05, 4.69) is 26.6 Å². The molecule has 0 spiro atoms. The van der Waals surface area contributed by atoms with Crippen LogP contribution in [0.25, 0.3) is 0 Å². The van der Waals surface area contributed by atoms with Crippen LogP contribution in [0.1, 0.15) is 32.1 Å². The minimum absolute atomic E-state index is 0.260. The van der Waals surface area contributed by atoms with Crippen molar-refractivity contribution in [2.24, 2.45) is 0 Å². The maximum atomic E-state index is 12.0. The summed E-state index contributed by atoms with van der Waals surface area (Å²) in [5, 5.41) is 5.62. The van der Waals surface area contributed by atoms with Crippen LogP contribution in [0.4, 0.5) is 10.5 Å². The van der Waals surface area contributed by atoms with Crippen LogP contribution in [0.5, 0.6) is 11.5 Å². The molecule has 0 bridgehead atoms. The molecular weight excluding hydrogens is 376 g/mol. The molecule has 134 valence electrons. The highest BCUT2D eigenvalue weighted by molar-refractivity contribution is 9.10. The maximum Gasteiger partial charge on any atom is 0.319 e. The number of hydrogen-bond donors (Lipinski definition) is 2. The summed E-state index contributed by atoms with van der Waals surface area (Å²) in [7, 11) is 3.12. The Morgan fingerprint density at radius 1 is 1.21 bits per heavy atom. The van der Waals surface area contributed by atoms with Crippen molar-refractivity contribution in [3.8, 4) is 11.5 Å². The molecule has 7 heteroatoms. The average Bonchev–Trinajstić information content (AvgIpc) is 3.09. The van der Waals surface area contributed by atoms with Crippen LogP contribution in [-0.4, -0.2) is 39.5 Å². The predicted molar refractivity (Wildman–Crippen MR) is 97.1 cm³/mol. The fourth-order valence-corrected chi connectivity index (χ4v) is 3.12. The van der Waals surface area contributed by atoms with E-state index < -0.39 is 0 Å². The predicted octanol–water partition coefficient (Wildman–Crippen LogP) is 3.94. The minimum Gasteiger partial charge on any atom is -0.493 e. The number of halogens is 1. The number of amides is 2. The molecule has 0 radical (unpaired) electrons. The topological polar surface area (TPSA) is 68.8 Å². The molecule has 1 aromatic carbocycles. The zero-order valence-corrected chi connectivity index (χ0v) is 15.8. The van der Waals surface area contributed by atoms with Gasteiger partial charge in [-0.3, -0.25) is 0 Å². The second-order valence-electron chi connectivity index (χ2n) is 5.70. The standard InChI is InChI=1S/C17H25BrN2O4/c1-22-15-10-13(18)14(11-16(15)23-2)20-17(21)19-8-5-9-24-12-6-3-4-7-12/h10-12H,3-9H2,1-2H3,(H2,19,20,21). The van der Waals surface area contributed by atoms with Crippen LogP contribution >= 0.6 is 15.9 Å². The lowest BCUT2D eigenvalue weighted by molar-refractivity contribution is 0.0572. The van der Waals surface area contributed by atoms with Crippen molar-refractivity contribution in [1.82, 2.24) is 5.32 Å². The van der Waals surface area contributed by atoms with E-state index in [9.17, 15) is 4.79 Å². The number of carbonyl (C=O) groups excluding carboxylic acids is 1. The smallest absolute Gasteiger partial charge is 0.319 e. The zero-order valence-electron chi connectivity index (χ0n) is 14.2. The lowest BCUT2D eigenvalue weighted by atomic mass is 10.2. The largest absolute Gasteiger partial charge is 0.493 e. The fraction of sp³-hybridized carbons (Fsp3) is 0.588. The maximum absolute atomic E-state index is 12.0. The molecule has 1 aromatic rings. The monoisotopic (exact) mass is 400 g/mol.